The lowest BCUT2D eigenvalue weighted by Gasteiger charge is -2.22. The van der Waals surface area contributed by atoms with Crippen molar-refractivity contribution in [2.24, 2.45) is 5.92 Å². The predicted octanol–water partition coefficient (Wildman–Crippen LogP) is 2.53. The van der Waals surface area contributed by atoms with Crippen LogP contribution >= 0.6 is 0 Å². The highest BCUT2D eigenvalue weighted by atomic mass is 16.2. The molecule has 1 aromatic rings. The van der Waals surface area contributed by atoms with Crippen LogP contribution in [0.4, 0.5) is 5.69 Å². The van der Waals surface area contributed by atoms with Gasteiger partial charge in [0.15, 0.2) is 0 Å². The van der Waals surface area contributed by atoms with Gasteiger partial charge < -0.3 is 15.1 Å². The number of carbonyl (C=O) groups excluding carboxylic acids is 1. The molecule has 1 heterocycles. The first-order valence-corrected chi connectivity index (χ1v) is 7.88. The number of rotatable bonds is 6. The van der Waals surface area contributed by atoms with Crippen molar-refractivity contribution in [2.45, 2.75) is 19.8 Å². The van der Waals surface area contributed by atoms with E-state index < -0.39 is 0 Å². The van der Waals surface area contributed by atoms with Crippen molar-refractivity contribution in [1.82, 2.24) is 9.80 Å². The highest BCUT2D eigenvalue weighted by Crippen LogP contribution is 2.20. The van der Waals surface area contributed by atoms with Gasteiger partial charge in [0.2, 0.25) is 0 Å². The summed E-state index contributed by atoms with van der Waals surface area (Å²) in [6, 6.07) is 7.81. The zero-order valence-corrected chi connectivity index (χ0v) is 13.4. The molecule has 2 rings (SSSR count). The summed E-state index contributed by atoms with van der Waals surface area (Å²) in [6.45, 7) is 6.08. The maximum absolute atomic E-state index is 12.7. The molecule has 0 bridgehead atoms. The molecule has 4 nitrogen and oxygen atoms in total. The molecule has 1 saturated heterocycles. The first-order chi connectivity index (χ1) is 10.1. The Morgan fingerprint density at radius 1 is 1.43 bits per heavy atom. The van der Waals surface area contributed by atoms with E-state index in [0.29, 0.717) is 5.92 Å². The number of para-hydroxylation sites is 1. The van der Waals surface area contributed by atoms with E-state index in [-0.39, 0.29) is 5.91 Å². The Bertz CT molecular complexity index is 475. The van der Waals surface area contributed by atoms with Gasteiger partial charge in [0.1, 0.15) is 0 Å². The van der Waals surface area contributed by atoms with Gasteiger partial charge in [-0.1, -0.05) is 19.1 Å². The second kappa shape index (κ2) is 7.46. The van der Waals surface area contributed by atoms with Gasteiger partial charge in [-0.25, -0.2) is 0 Å². The number of hydrogen-bond donors (Lipinski definition) is 1. The maximum Gasteiger partial charge on any atom is 0.255 e. The Morgan fingerprint density at radius 2 is 2.19 bits per heavy atom. The smallest absolute Gasteiger partial charge is 0.255 e. The van der Waals surface area contributed by atoms with Gasteiger partial charge in [-0.2, -0.15) is 0 Å². The Balaban J connectivity index is 2.01. The molecule has 1 atom stereocenters. The fourth-order valence-electron chi connectivity index (χ4n) is 2.93. The van der Waals surface area contributed by atoms with E-state index in [0.717, 1.165) is 43.9 Å². The van der Waals surface area contributed by atoms with E-state index in [4.69, 9.17) is 0 Å². The number of likely N-dealkylation sites (tertiary alicyclic amines) is 1. The number of hydrogen-bond acceptors (Lipinski definition) is 3. The Morgan fingerprint density at radius 3 is 2.86 bits per heavy atom. The van der Waals surface area contributed by atoms with Crippen molar-refractivity contribution in [3.63, 3.8) is 0 Å². The minimum absolute atomic E-state index is 0.115. The summed E-state index contributed by atoms with van der Waals surface area (Å²) in [7, 11) is 4.06. The van der Waals surface area contributed by atoms with Crippen LogP contribution in [0.1, 0.15) is 30.1 Å². The quantitative estimate of drug-likeness (QED) is 0.874. The summed E-state index contributed by atoms with van der Waals surface area (Å²) >= 11 is 0. The normalized spacial score (nSPS) is 18.7. The van der Waals surface area contributed by atoms with E-state index in [9.17, 15) is 4.79 Å². The summed E-state index contributed by atoms with van der Waals surface area (Å²) < 4.78 is 0. The van der Waals surface area contributed by atoms with Crippen LogP contribution in [0.5, 0.6) is 0 Å². The molecule has 4 heteroatoms. The average molecular weight is 289 g/mol. The minimum atomic E-state index is 0.115. The van der Waals surface area contributed by atoms with Gasteiger partial charge in [0, 0.05) is 32.4 Å². The van der Waals surface area contributed by atoms with Gasteiger partial charge >= 0.3 is 0 Å². The van der Waals surface area contributed by atoms with Crippen molar-refractivity contribution >= 4 is 11.6 Å². The minimum Gasteiger partial charge on any atom is -0.384 e. The van der Waals surface area contributed by atoms with E-state index >= 15 is 0 Å². The maximum atomic E-state index is 12.7. The molecule has 0 aromatic heterocycles. The number of anilines is 1. The van der Waals surface area contributed by atoms with Crippen LogP contribution in [-0.4, -0.2) is 56.0 Å². The predicted molar refractivity (Wildman–Crippen MR) is 87.8 cm³/mol. The molecule has 0 saturated carbocycles. The first-order valence-electron chi connectivity index (χ1n) is 7.88. The molecule has 1 fully saturated rings. The molecule has 1 unspecified atom stereocenters. The van der Waals surface area contributed by atoms with Crippen LogP contribution in [0.2, 0.25) is 0 Å². The van der Waals surface area contributed by atoms with Gasteiger partial charge in [-0.3, -0.25) is 4.79 Å². The third-order valence-electron chi connectivity index (χ3n) is 4.09. The molecule has 21 heavy (non-hydrogen) atoms. The monoisotopic (exact) mass is 289 g/mol. The summed E-state index contributed by atoms with van der Waals surface area (Å²) in [5.74, 6) is 0.712. The number of nitrogens with one attached hydrogen (secondary N) is 1. The molecule has 1 amide bonds. The fourth-order valence-corrected chi connectivity index (χ4v) is 2.93. The molecule has 0 spiro atoms. The van der Waals surface area contributed by atoms with E-state index in [2.05, 4.69) is 24.2 Å². The van der Waals surface area contributed by atoms with Crippen molar-refractivity contribution in [2.75, 3.05) is 45.6 Å². The lowest BCUT2D eigenvalue weighted by Crippen LogP contribution is -2.33. The summed E-state index contributed by atoms with van der Waals surface area (Å²) in [5.41, 5.74) is 1.72. The molecule has 0 radical (unpaired) electrons. The van der Waals surface area contributed by atoms with Gasteiger partial charge in [0.25, 0.3) is 5.91 Å². The van der Waals surface area contributed by atoms with Crippen molar-refractivity contribution in [3.05, 3.63) is 29.8 Å². The average Bonchev–Trinajstić information content (AvgIpc) is 2.89. The molecular formula is C17H27N3O. The molecule has 1 N–H and O–H groups in total. The van der Waals surface area contributed by atoms with E-state index in [1.54, 1.807) is 0 Å². The third kappa shape index (κ3) is 4.21. The number of carbonyl (C=O) groups is 1. The Hall–Kier alpha value is -1.55. The third-order valence-corrected chi connectivity index (χ3v) is 4.09. The lowest BCUT2D eigenvalue weighted by atomic mass is 10.1. The molecule has 1 aliphatic rings. The molecule has 116 valence electrons. The molecule has 1 aromatic carbocycles. The fraction of sp³-hybridized carbons (Fsp3) is 0.588. The lowest BCUT2D eigenvalue weighted by molar-refractivity contribution is 0.0775. The highest BCUT2D eigenvalue weighted by molar-refractivity contribution is 5.99. The number of nitrogens with zero attached hydrogens (tertiary/aromatic N) is 2. The van der Waals surface area contributed by atoms with E-state index in [1.807, 2.05) is 36.2 Å². The first kappa shape index (κ1) is 15.8. The second-order valence-corrected chi connectivity index (χ2v) is 6.07. The van der Waals surface area contributed by atoms with E-state index in [1.165, 1.54) is 6.42 Å². The van der Waals surface area contributed by atoms with Gasteiger partial charge in [-0.15, -0.1) is 0 Å². The van der Waals surface area contributed by atoms with Crippen LogP contribution in [0, 0.1) is 5.92 Å². The largest absolute Gasteiger partial charge is 0.384 e. The molecule has 0 aliphatic carbocycles. The van der Waals surface area contributed by atoms with Crippen LogP contribution in [0.3, 0.4) is 0 Å². The SMILES string of the molecule is CCCNc1ccccc1C(=O)N(C)CC1CCN(C)C1. The van der Waals surface area contributed by atoms with Crippen LogP contribution in [-0.2, 0) is 0 Å². The molecular weight excluding hydrogens is 262 g/mol. The standard InChI is InChI=1S/C17H27N3O/c1-4-10-18-16-8-6-5-7-15(16)17(21)20(3)13-14-9-11-19(2)12-14/h5-8,14,18H,4,9-13H2,1-3H3. The summed E-state index contributed by atoms with van der Waals surface area (Å²) in [5, 5.41) is 3.34. The Kier molecular flexibility index (Phi) is 5.62. The van der Waals surface area contributed by atoms with Crippen molar-refractivity contribution in [3.8, 4) is 0 Å². The second-order valence-electron chi connectivity index (χ2n) is 6.07. The number of amides is 1. The zero-order valence-electron chi connectivity index (χ0n) is 13.4. The molecule has 1 aliphatic heterocycles. The van der Waals surface area contributed by atoms with Crippen molar-refractivity contribution in [1.29, 1.82) is 0 Å². The van der Waals surface area contributed by atoms with Crippen LogP contribution < -0.4 is 5.32 Å². The highest BCUT2D eigenvalue weighted by Gasteiger charge is 2.23. The van der Waals surface area contributed by atoms with Crippen molar-refractivity contribution < 1.29 is 4.79 Å². The Labute approximate surface area is 128 Å². The number of benzene rings is 1. The van der Waals surface area contributed by atoms with Crippen LogP contribution in [0.25, 0.3) is 0 Å². The van der Waals surface area contributed by atoms with Gasteiger partial charge in [-0.05, 0) is 44.5 Å². The topological polar surface area (TPSA) is 35.6 Å². The van der Waals surface area contributed by atoms with Crippen LogP contribution in [0.15, 0.2) is 24.3 Å². The zero-order chi connectivity index (χ0) is 15.2. The van der Waals surface area contributed by atoms with Gasteiger partial charge in [0.05, 0.1) is 5.56 Å². The summed E-state index contributed by atoms with van der Waals surface area (Å²) in [4.78, 5) is 16.9. The summed E-state index contributed by atoms with van der Waals surface area (Å²) in [6.07, 6.45) is 2.23.